The summed E-state index contributed by atoms with van der Waals surface area (Å²) < 4.78 is 8.57. The van der Waals surface area contributed by atoms with E-state index >= 15 is 0 Å². The molecule has 3 aromatic heterocycles. The molecule has 0 aliphatic heterocycles. The Labute approximate surface area is 174 Å². The third-order valence-electron chi connectivity index (χ3n) is 4.79. The molecule has 0 saturated carbocycles. The van der Waals surface area contributed by atoms with Crippen LogP contribution < -0.4 is 10.1 Å². The van der Waals surface area contributed by atoms with Crippen LogP contribution in [0.3, 0.4) is 0 Å². The Bertz CT molecular complexity index is 1190. The van der Waals surface area contributed by atoms with E-state index in [-0.39, 0.29) is 5.91 Å². The predicted molar refractivity (Wildman–Crippen MR) is 113 cm³/mol. The number of methoxy groups -OCH3 is 1. The Morgan fingerprint density at radius 3 is 2.77 bits per heavy atom. The molecule has 4 aromatic rings. The molecule has 0 bridgehead atoms. The van der Waals surface area contributed by atoms with Gasteiger partial charge >= 0.3 is 0 Å². The molecule has 3 heterocycles. The van der Waals surface area contributed by atoms with Gasteiger partial charge in [0, 0.05) is 44.2 Å². The van der Waals surface area contributed by atoms with Crippen molar-refractivity contribution in [3.8, 4) is 28.3 Å². The van der Waals surface area contributed by atoms with Crippen LogP contribution in [0.2, 0.25) is 0 Å². The summed E-state index contributed by atoms with van der Waals surface area (Å²) in [5, 5.41) is 11.6. The summed E-state index contributed by atoms with van der Waals surface area (Å²) >= 11 is 0. The highest BCUT2D eigenvalue weighted by Gasteiger charge is 2.16. The van der Waals surface area contributed by atoms with Gasteiger partial charge in [0.25, 0.3) is 5.91 Å². The first kappa shape index (κ1) is 19.4. The van der Waals surface area contributed by atoms with Gasteiger partial charge in [-0.25, -0.2) is 0 Å². The number of nitrogens with one attached hydrogen (secondary N) is 1. The number of aromatic nitrogens is 5. The van der Waals surface area contributed by atoms with Crippen molar-refractivity contribution in [2.75, 3.05) is 7.11 Å². The lowest BCUT2D eigenvalue weighted by Gasteiger charge is -2.08. The van der Waals surface area contributed by atoms with Gasteiger partial charge in [0.15, 0.2) is 0 Å². The lowest BCUT2D eigenvalue weighted by Crippen LogP contribution is -2.25. The first-order chi connectivity index (χ1) is 14.5. The molecule has 0 atom stereocenters. The number of hydrogen-bond donors (Lipinski definition) is 1. The maximum atomic E-state index is 12.8. The summed E-state index contributed by atoms with van der Waals surface area (Å²) in [4.78, 5) is 17.3. The molecule has 4 rings (SSSR count). The largest absolute Gasteiger partial charge is 0.497 e. The van der Waals surface area contributed by atoms with E-state index in [1.807, 2.05) is 49.6 Å². The van der Waals surface area contributed by atoms with Crippen LogP contribution in [0.4, 0.5) is 0 Å². The third-order valence-corrected chi connectivity index (χ3v) is 4.79. The number of carbonyl (C=O) groups is 1. The minimum absolute atomic E-state index is 0.208. The number of rotatable bonds is 6. The van der Waals surface area contributed by atoms with E-state index in [9.17, 15) is 4.79 Å². The average Bonchev–Trinajstić information content (AvgIpc) is 3.38. The smallest absolute Gasteiger partial charge is 0.269 e. The molecule has 0 fully saturated rings. The molecule has 0 radical (unpaired) electrons. The van der Waals surface area contributed by atoms with Crippen LogP contribution in [-0.2, 0) is 20.6 Å². The quantitative estimate of drug-likeness (QED) is 0.536. The Morgan fingerprint density at radius 1 is 1.13 bits per heavy atom. The monoisotopic (exact) mass is 402 g/mol. The van der Waals surface area contributed by atoms with Crippen molar-refractivity contribution < 1.29 is 9.53 Å². The van der Waals surface area contributed by atoms with Crippen molar-refractivity contribution in [3.63, 3.8) is 0 Å². The van der Waals surface area contributed by atoms with Crippen molar-refractivity contribution in [2.24, 2.45) is 14.1 Å². The molecule has 0 saturated heterocycles. The second-order valence-corrected chi connectivity index (χ2v) is 6.87. The summed E-state index contributed by atoms with van der Waals surface area (Å²) in [5.74, 6) is 0.531. The highest BCUT2D eigenvalue weighted by Crippen LogP contribution is 2.24. The van der Waals surface area contributed by atoms with Gasteiger partial charge in [0.1, 0.15) is 11.4 Å². The van der Waals surface area contributed by atoms with E-state index in [1.54, 1.807) is 42.0 Å². The number of hydrogen-bond acceptors (Lipinski definition) is 5. The van der Waals surface area contributed by atoms with E-state index in [2.05, 4.69) is 20.5 Å². The van der Waals surface area contributed by atoms with Gasteiger partial charge in [-0.1, -0.05) is 18.2 Å². The molecule has 1 amide bonds. The zero-order valence-electron chi connectivity index (χ0n) is 17.0. The Balaban J connectivity index is 1.52. The summed E-state index contributed by atoms with van der Waals surface area (Å²) in [5.41, 5.74) is 4.68. The van der Waals surface area contributed by atoms with Crippen molar-refractivity contribution >= 4 is 5.91 Å². The third kappa shape index (κ3) is 3.93. The number of amides is 1. The zero-order valence-corrected chi connectivity index (χ0v) is 17.0. The number of aryl methyl sites for hydroxylation is 2. The molecule has 8 nitrogen and oxygen atoms in total. The van der Waals surface area contributed by atoms with E-state index < -0.39 is 0 Å². The number of nitrogens with zero attached hydrogens (tertiary/aromatic N) is 5. The van der Waals surface area contributed by atoms with Gasteiger partial charge in [0.2, 0.25) is 0 Å². The number of pyridine rings is 1. The van der Waals surface area contributed by atoms with Gasteiger partial charge in [-0.2, -0.15) is 10.2 Å². The average molecular weight is 402 g/mol. The molecule has 1 N–H and O–H groups in total. The summed E-state index contributed by atoms with van der Waals surface area (Å²) in [7, 11) is 5.23. The minimum Gasteiger partial charge on any atom is -0.497 e. The molecule has 0 unspecified atom stereocenters. The van der Waals surface area contributed by atoms with Crippen molar-refractivity contribution in [2.45, 2.75) is 6.54 Å². The molecule has 152 valence electrons. The van der Waals surface area contributed by atoms with Crippen molar-refractivity contribution in [1.82, 2.24) is 29.9 Å². The normalized spacial score (nSPS) is 10.8. The van der Waals surface area contributed by atoms with E-state index in [4.69, 9.17) is 4.74 Å². The van der Waals surface area contributed by atoms with Gasteiger partial charge in [-0.05, 0) is 29.8 Å². The summed E-state index contributed by atoms with van der Waals surface area (Å²) in [6.07, 6.45) is 5.39. The van der Waals surface area contributed by atoms with Crippen molar-refractivity contribution in [1.29, 1.82) is 0 Å². The first-order valence-corrected chi connectivity index (χ1v) is 9.44. The number of benzene rings is 1. The molecular formula is C22H22N6O2. The molecule has 0 aliphatic carbocycles. The molecule has 8 heteroatoms. The van der Waals surface area contributed by atoms with Crippen LogP contribution in [0.1, 0.15) is 16.1 Å². The van der Waals surface area contributed by atoms with Gasteiger partial charge in [-0.15, -0.1) is 0 Å². The van der Waals surface area contributed by atoms with Crippen LogP contribution in [0.25, 0.3) is 22.5 Å². The fourth-order valence-corrected chi connectivity index (χ4v) is 3.25. The molecule has 0 aliphatic rings. The standard InChI is InChI=1S/C22H22N6O2/c1-27-14-17(13-25-27)21-16(7-5-9-23-21)12-24-22(29)20-11-19(26-28(20)2)15-6-4-8-18(10-15)30-3/h4-11,13-14H,12H2,1-3H3,(H,24,29). The molecule has 1 aromatic carbocycles. The molecule has 0 spiro atoms. The van der Waals surface area contributed by atoms with Crippen LogP contribution in [0.15, 0.2) is 61.1 Å². The molecular weight excluding hydrogens is 380 g/mol. The van der Waals surface area contributed by atoms with Gasteiger partial charge in [0.05, 0.1) is 24.7 Å². The van der Waals surface area contributed by atoms with Gasteiger partial charge < -0.3 is 10.1 Å². The highest BCUT2D eigenvalue weighted by molar-refractivity contribution is 5.93. The Morgan fingerprint density at radius 2 is 2.00 bits per heavy atom. The van der Waals surface area contributed by atoms with Gasteiger partial charge in [-0.3, -0.25) is 19.1 Å². The second kappa shape index (κ2) is 8.20. The van der Waals surface area contributed by atoms with Crippen LogP contribution in [0, 0.1) is 0 Å². The van der Waals surface area contributed by atoms with Crippen LogP contribution in [0.5, 0.6) is 5.75 Å². The molecule has 30 heavy (non-hydrogen) atoms. The maximum absolute atomic E-state index is 12.8. The number of ether oxygens (including phenoxy) is 1. The lowest BCUT2D eigenvalue weighted by molar-refractivity contribution is 0.0941. The zero-order chi connectivity index (χ0) is 21.1. The SMILES string of the molecule is COc1cccc(-c2cc(C(=O)NCc3cccnc3-c3cnn(C)c3)n(C)n2)c1. The summed E-state index contributed by atoms with van der Waals surface area (Å²) in [6, 6.07) is 13.2. The number of carbonyl (C=O) groups excluding carboxylic acids is 1. The fraction of sp³-hybridized carbons (Fsp3) is 0.182. The first-order valence-electron chi connectivity index (χ1n) is 9.44. The Kier molecular flexibility index (Phi) is 5.30. The van der Waals surface area contributed by atoms with Crippen LogP contribution >= 0.6 is 0 Å². The van der Waals surface area contributed by atoms with Crippen molar-refractivity contribution in [3.05, 3.63) is 72.3 Å². The van der Waals surface area contributed by atoms with Crippen LogP contribution in [-0.4, -0.2) is 37.6 Å². The highest BCUT2D eigenvalue weighted by atomic mass is 16.5. The maximum Gasteiger partial charge on any atom is 0.269 e. The topological polar surface area (TPSA) is 86.9 Å². The predicted octanol–water partition coefficient (Wildman–Crippen LogP) is 2.82. The van der Waals surface area contributed by atoms with E-state index in [1.165, 1.54) is 0 Å². The lowest BCUT2D eigenvalue weighted by atomic mass is 10.1. The van der Waals surface area contributed by atoms with E-state index in [0.717, 1.165) is 28.1 Å². The Hall–Kier alpha value is -3.94. The summed E-state index contributed by atoms with van der Waals surface area (Å²) in [6.45, 7) is 0.344. The minimum atomic E-state index is -0.208. The fourth-order valence-electron chi connectivity index (χ4n) is 3.25. The second-order valence-electron chi connectivity index (χ2n) is 6.87. The van der Waals surface area contributed by atoms with E-state index in [0.29, 0.717) is 17.9 Å².